The van der Waals surface area contributed by atoms with Gasteiger partial charge >= 0.3 is 0 Å². The second-order valence-corrected chi connectivity index (χ2v) is 8.17. The molecule has 0 fully saturated rings. The van der Waals surface area contributed by atoms with Gasteiger partial charge in [-0.05, 0) is 75.2 Å². The van der Waals surface area contributed by atoms with Crippen molar-refractivity contribution in [1.82, 2.24) is 15.8 Å². The van der Waals surface area contributed by atoms with E-state index in [0.717, 1.165) is 37.3 Å². The number of nitrogens with zero attached hydrogens (tertiary/aromatic N) is 3. The first-order chi connectivity index (χ1) is 16.1. The quantitative estimate of drug-likeness (QED) is 0.543. The molecule has 0 unspecified atom stereocenters. The number of benzene rings is 2. The number of pyridine rings is 1. The normalized spacial score (nSPS) is 14.4. The Morgan fingerprint density at radius 1 is 0.758 bits per heavy atom. The zero-order valence-corrected chi connectivity index (χ0v) is 19.9. The van der Waals surface area contributed by atoms with Crippen molar-refractivity contribution in [3.63, 3.8) is 0 Å². The number of hydrogen-bond acceptors (Lipinski definition) is 5. The summed E-state index contributed by atoms with van der Waals surface area (Å²) in [5.41, 5.74) is 11.1. The second kappa shape index (κ2) is 9.63. The zero-order chi connectivity index (χ0) is 23.4. The van der Waals surface area contributed by atoms with Crippen LogP contribution in [0.5, 0.6) is 0 Å². The Morgan fingerprint density at radius 3 is 1.70 bits per heavy atom. The molecule has 0 spiro atoms. The number of rotatable bonds is 8. The van der Waals surface area contributed by atoms with Gasteiger partial charge in [-0.2, -0.15) is 0 Å². The number of amides is 1. The highest BCUT2D eigenvalue weighted by Crippen LogP contribution is 2.39. The van der Waals surface area contributed by atoms with E-state index in [1.54, 1.807) is 12.3 Å². The van der Waals surface area contributed by atoms with Gasteiger partial charge in [0.1, 0.15) is 5.54 Å². The van der Waals surface area contributed by atoms with E-state index in [-0.39, 0.29) is 5.91 Å². The van der Waals surface area contributed by atoms with Crippen molar-refractivity contribution in [3.8, 4) is 0 Å². The molecular weight excluding hydrogens is 410 g/mol. The van der Waals surface area contributed by atoms with E-state index >= 15 is 0 Å². The van der Waals surface area contributed by atoms with Gasteiger partial charge in [0.15, 0.2) is 0 Å². The van der Waals surface area contributed by atoms with E-state index in [9.17, 15) is 4.79 Å². The van der Waals surface area contributed by atoms with Crippen molar-refractivity contribution in [2.75, 3.05) is 36.0 Å². The topological polar surface area (TPSA) is 60.5 Å². The Morgan fingerprint density at radius 2 is 1.24 bits per heavy atom. The molecule has 0 atom stereocenters. The summed E-state index contributed by atoms with van der Waals surface area (Å²) in [5.74, 6) is -0.173. The van der Waals surface area contributed by atoms with E-state index in [1.807, 2.05) is 6.07 Å². The molecule has 6 heteroatoms. The van der Waals surface area contributed by atoms with Gasteiger partial charge in [0.05, 0.1) is 11.3 Å². The summed E-state index contributed by atoms with van der Waals surface area (Å²) in [5, 5.41) is 0. The van der Waals surface area contributed by atoms with Crippen LogP contribution in [0.15, 0.2) is 66.9 Å². The van der Waals surface area contributed by atoms with Crippen LogP contribution < -0.4 is 20.7 Å². The van der Waals surface area contributed by atoms with E-state index in [1.165, 1.54) is 11.4 Å². The van der Waals surface area contributed by atoms with Crippen LogP contribution in [0.1, 0.15) is 54.9 Å². The molecule has 1 aliphatic heterocycles. The van der Waals surface area contributed by atoms with E-state index < -0.39 is 5.54 Å². The summed E-state index contributed by atoms with van der Waals surface area (Å²) in [7, 11) is 0. The molecule has 2 N–H and O–H groups in total. The molecule has 0 aliphatic carbocycles. The monoisotopic (exact) mass is 443 g/mol. The zero-order valence-electron chi connectivity index (χ0n) is 19.9. The highest BCUT2D eigenvalue weighted by Gasteiger charge is 2.44. The van der Waals surface area contributed by atoms with Gasteiger partial charge in [0, 0.05) is 43.8 Å². The van der Waals surface area contributed by atoms with Crippen molar-refractivity contribution in [2.45, 2.75) is 33.2 Å². The maximum Gasteiger partial charge on any atom is 0.267 e. The molecule has 0 bridgehead atoms. The molecule has 0 saturated heterocycles. The predicted molar refractivity (Wildman–Crippen MR) is 135 cm³/mol. The molecule has 0 saturated carbocycles. The summed E-state index contributed by atoms with van der Waals surface area (Å²) in [6.07, 6.45) is 1.75. The van der Waals surface area contributed by atoms with Gasteiger partial charge in [0.25, 0.3) is 5.91 Å². The number of fused-ring (bicyclic) bond motifs is 1. The molecule has 1 aromatic heterocycles. The molecule has 33 heavy (non-hydrogen) atoms. The SMILES string of the molecule is CCN(CC)c1ccc(C2(c3ccc(N(CC)CC)cc3)NNC(=O)c3cccnc32)cc1. The highest BCUT2D eigenvalue weighted by molar-refractivity contribution is 5.97. The fourth-order valence-corrected chi connectivity index (χ4v) is 4.77. The second-order valence-electron chi connectivity index (χ2n) is 8.17. The fourth-order valence-electron chi connectivity index (χ4n) is 4.77. The standard InChI is InChI=1S/C27H33N5O/c1-5-31(6-2)22-15-11-20(12-16-22)27(21-13-17-23(18-14-21)32(7-3)8-4)25-24(10-9-19-28-25)26(33)29-30-27/h9-19,30H,5-8H2,1-4H3,(H,29,33). The third kappa shape index (κ3) is 3.95. The van der Waals surface area contributed by atoms with Crippen molar-refractivity contribution < 1.29 is 4.79 Å². The minimum Gasteiger partial charge on any atom is -0.372 e. The number of hydrazine groups is 1. The summed E-state index contributed by atoms with van der Waals surface area (Å²) in [6, 6.07) is 20.8. The molecule has 3 aromatic rings. The van der Waals surface area contributed by atoms with Crippen LogP contribution in [0.3, 0.4) is 0 Å². The van der Waals surface area contributed by atoms with Crippen LogP contribution in [0.2, 0.25) is 0 Å². The Hall–Kier alpha value is -3.38. The first-order valence-electron chi connectivity index (χ1n) is 11.8. The van der Waals surface area contributed by atoms with Crippen molar-refractivity contribution in [1.29, 1.82) is 0 Å². The molecule has 2 heterocycles. The minimum absolute atomic E-state index is 0.173. The Bertz CT molecular complexity index is 1030. The van der Waals surface area contributed by atoms with Gasteiger partial charge in [-0.15, -0.1) is 0 Å². The summed E-state index contributed by atoms with van der Waals surface area (Å²) >= 11 is 0. The fraction of sp³-hybridized carbons (Fsp3) is 0.333. The minimum atomic E-state index is -0.798. The molecule has 6 nitrogen and oxygen atoms in total. The van der Waals surface area contributed by atoms with Gasteiger partial charge in [0.2, 0.25) is 0 Å². The van der Waals surface area contributed by atoms with Crippen LogP contribution in [0, 0.1) is 0 Å². The van der Waals surface area contributed by atoms with Crippen LogP contribution in [-0.2, 0) is 5.54 Å². The highest BCUT2D eigenvalue weighted by atomic mass is 16.2. The smallest absolute Gasteiger partial charge is 0.267 e. The lowest BCUT2D eigenvalue weighted by Gasteiger charge is -2.40. The third-order valence-corrected chi connectivity index (χ3v) is 6.63. The van der Waals surface area contributed by atoms with Crippen molar-refractivity contribution in [3.05, 3.63) is 89.2 Å². The molecule has 172 valence electrons. The summed E-state index contributed by atoms with van der Waals surface area (Å²) in [6.45, 7) is 12.4. The number of nitrogens with one attached hydrogen (secondary N) is 2. The Balaban J connectivity index is 1.88. The number of carbonyl (C=O) groups excluding carboxylic acids is 1. The van der Waals surface area contributed by atoms with Gasteiger partial charge in [-0.1, -0.05) is 24.3 Å². The molecule has 4 rings (SSSR count). The van der Waals surface area contributed by atoms with Crippen LogP contribution >= 0.6 is 0 Å². The van der Waals surface area contributed by atoms with Crippen LogP contribution in [-0.4, -0.2) is 37.1 Å². The Labute approximate surface area is 196 Å². The lowest BCUT2D eigenvalue weighted by Crippen LogP contribution is -2.58. The predicted octanol–water partition coefficient (Wildman–Crippen LogP) is 4.31. The van der Waals surface area contributed by atoms with E-state index in [0.29, 0.717) is 11.3 Å². The summed E-state index contributed by atoms with van der Waals surface area (Å²) < 4.78 is 0. The first-order valence-corrected chi connectivity index (χ1v) is 11.8. The average Bonchev–Trinajstić information content (AvgIpc) is 2.87. The largest absolute Gasteiger partial charge is 0.372 e. The average molecular weight is 444 g/mol. The summed E-state index contributed by atoms with van der Waals surface area (Å²) in [4.78, 5) is 22.0. The molecular formula is C27H33N5O. The maximum absolute atomic E-state index is 12.7. The number of hydrogen-bond donors (Lipinski definition) is 2. The van der Waals surface area contributed by atoms with Gasteiger partial charge < -0.3 is 9.80 Å². The van der Waals surface area contributed by atoms with E-state index in [2.05, 4.69) is 96.9 Å². The third-order valence-electron chi connectivity index (χ3n) is 6.63. The number of anilines is 2. The number of carbonyl (C=O) groups is 1. The molecule has 1 aliphatic rings. The van der Waals surface area contributed by atoms with Crippen LogP contribution in [0.25, 0.3) is 0 Å². The molecule has 0 radical (unpaired) electrons. The van der Waals surface area contributed by atoms with Crippen molar-refractivity contribution >= 4 is 17.3 Å². The molecule has 2 aromatic carbocycles. The van der Waals surface area contributed by atoms with Crippen molar-refractivity contribution in [2.24, 2.45) is 0 Å². The van der Waals surface area contributed by atoms with Gasteiger partial charge in [-0.3, -0.25) is 15.2 Å². The number of aromatic nitrogens is 1. The maximum atomic E-state index is 12.7. The lowest BCUT2D eigenvalue weighted by molar-refractivity contribution is 0.0895. The van der Waals surface area contributed by atoms with E-state index in [4.69, 9.17) is 4.98 Å². The lowest BCUT2D eigenvalue weighted by atomic mass is 9.77. The van der Waals surface area contributed by atoms with Gasteiger partial charge in [-0.25, -0.2) is 5.43 Å². The Kier molecular flexibility index (Phi) is 6.65. The molecule has 1 amide bonds. The van der Waals surface area contributed by atoms with Crippen LogP contribution in [0.4, 0.5) is 11.4 Å². The first kappa shape index (κ1) is 22.8.